The molecule has 35 heavy (non-hydrogen) atoms. The van der Waals surface area contributed by atoms with Crippen LogP contribution < -0.4 is 14.4 Å². The van der Waals surface area contributed by atoms with E-state index in [0.717, 1.165) is 16.1 Å². The van der Waals surface area contributed by atoms with Gasteiger partial charge in [0.1, 0.15) is 18.3 Å². The predicted molar refractivity (Wildman–Crippen MR) is 139 cm³/mol. The van der Waals surface area contributed by atoms with Crippen LogP contribution in [0.3, 0.4) is 0 Å². The third-order valence-corrected chi connectivity index (χ3v) is 6.56. The fourth-order valence-corrected chi connectivity index (χ4v) is 4.57. The molecule has 0 fully saturated rings. The van der Waals surface area contributed by atoms with Crippen molar-refractivity contribution in [3.8, 4) is 5.75 Å². The van der Waals surface area contributed by atoms with E-state index in [2.05, 4.69) is 5.32 Å². The molecule has 2 aromatic rings. The van der Waals surface area contributed by atoms with E-state index in [-0.39, 0.29) is 18.1 Å². The average molecular weight is 524 g/mol. The van der Waals surface area contributed by atoms with Crippen molar-refractivity contribution in [1.29, 1.82) is 0 Å². The third-order valence-electron chi connectivity index (χ3n) is 5.18. The van der Waals surface area contributed by atoms with Gasteiger partial charge in [0.25, 0.3) is 0 Å². The van der Waals surface area contributed by atoms with Crippen molar-refractivity contribution in [2.45, 2.75) is 52.2 Å². The zero-order chi connectivity index (χ0) is 26.4. The van der Waals surface area contributed by atoms with Crippen LogP contribution in [-0.2, 0) is 26.2 Å². The summed E-state index contributed by atoms with van der Waals surface area (Å²) in [5.74, 6) is -0.523. The molecule has 0 saturated heterocycles. The lowest BCUT2D eigenvalue weighted by Gasteiger charge is -2.34. The molecule has 2 amide bonds. The highest BCUT2D eigenvalue weighted by Gasteiger charge is 2.33. The minimum absolute atomic E-state index is 0.107. The second-order valence-corrected chi connectivity index (χ2v) is 11.6. The van der Waals surface area contributed by atoms with Gasteiger partial charge in [0.2, 0.25) is 21.8 Å². The summed E-state index contributed by atoms with van der Waals surface area (Å²) in [4.78, 5) is 28.3. The van der Waals surface area contributed by atoms with Crippen LogP contribution in [0.2, 0.25) is 5.02 Å². The molecule has 0 radical (unpaired) electrons. The van der Waals surface area contributed by atoms with Crippen LogP contribution in [0, 0.1) is 0 Å². The van der Waals surface area contributed by atoms with Crippen LogP contribution in [0.4, 0.5) is 5.69 Å². The van der Waals surface area contributed by atoms with Crippen molar-refractivity contribution in [3.05, 3.63) is 59.1 Å². The number of carbonyl (C=O) groups is 2. The van der Waals surface area contributed by atoms with Crippen molar-refractivity contribution >= 4 is 39.1 Å². The van der Waals surface area contributed by atoms with Crippen LogP contribution in [0.5, 0.6) is 5.75 Å². The van der Waals surface area contributed by atoms with Crippen LogP contribution >= 0.6 is 11.6 Å². The minimum atomic E-state index is -3.85. The highest BCUT2D eigenvalue weighted by molar-refractivity contribution is 7.92. The summed E-state index contributed by atoms with van der Waals surface area (Å²) in [5, 5.41) is 3.47. The molecule has 192 valence electrons. The summed E-state index contributed by atoms with van der Waals surface area (Å²) in [5.41, 5.74) is 0.493. The Labute approximate surface area is 213 Å². The first kappa shape index (κ1) is 28.5. The van der Waals surface area contributed by atoms with Gasteiger partial charge in [-0.1, -0.05) is 42.8 Å². The lowest BCUT2D eigenvalue weighted by atomic mass is 10.1. The van der Waals surface area contributed by atoms with Gasteiger partial charge in [-0.2, -0.15) is 0 Å². The number of rotatable bonds is 10. The molecular weight excluding hydrogens is 490 g/mol. The van der Waals surface area contributed by atoms with Gasteiger partial charge < -0.3 is 15.0 Å². The van der Waals surface area contributed by atoms with Crippen LogP contribution in [-0.4, -0.2) is 56.6 Å². The van der Waals surface area contributed by atoms with E-state index >= 15 is 0 Å². The van der Waals surface area contributed by atoms with Crippen LogP contribution in [0.15, 0.2) is 48.5 Å². The lowest BCUT2D eigenvalue weighted by molar-refractivity contribution is -0.141. The largest absolute Gasteiger partial charge is 0.495 e. The van der Waals surface area contributed by atoms with E-state index in [9.17, 15) is 18.0 Å². The maximum absolute atomic E-state index is 13.7. The van der Waals surface area contributed by atoms with Crippen LogP contribution in [0.25, 0.3) is 0 Å². The molecule has 2 aromatic carbocycles. The molecule has 10 heteroatoms. The Balaban J connectivity index is 2.48. The van der Waals surface area contributed by atoms with Gasteiger partial charge in [-0.3, -0.25) is 13.9 Å². The van der Waals surface area contributed by atoms with E-state index < -0.39 is 34.1 Å². The standard InChI is InChI=1S/C25H34ClN3O5S/c1-7-20(24(31)27-25(2,3)4)28(16-18-12-14-19(26)15-13-18)23(30)17-29(35(6,32)33)21-10-8-9-11-22(21)34-5/h8-15,20H,7,16-17H2,1-6H3,(H,27,31)/t20-/m1/s1. The van der Waals surface area contributed by atoms with E-state index in [4.69, 9.17) is 16.3 Å². The van der Waals surface area contributed by atoms with E-state index in [1.165, 1.54) is 12.0 Å². The van der Waals surface area contributed by atoms with Crippen molar-refractivity contribution in [2.75, 3.05) is 24.2 Å². The molecule has 2 rings (SSSR count). The molecule has 0 unspecified atom stereocenters. The van der Waals surface area contributed by atoms with Crippen molar-refractivity contribution in [1.82, 2.24) is 10.2 Å². The minimum Gasteiger partial charge on any atom is -0.495 e. The van der Waals surface area contributed by atoms with Gasteiger partial charge in [-0.25, -0.2) is 8.42 Å². The SMILES string of the molecule is CC[C@H](C(=O)NC(C)(C)C)N(Cc1ccc(Cl)cc1)C(=O)CN(c1ccccc1OC)S(C)(=O)=O. The number of carbonyl (C=O) groups excluding carboxylic acids is 2. The highest BCUT2D eigenvalue weighted by atomic mass is 35.5. The molecule has 0 saturated carbocycles. The first-order chi connectivity index (χ1) is 16.3. The summed E-state index contributed by atoms with van der Waals surface area (Å²) >= 11 is 6.01. The number of anilines is 1. The molecule has 0 aromatic heterocycles. The summed E-state index contributed by atoms with van der Waals surface area (Å²) in [7, 11) is -2.42. The molecule has 0 bridgehead atoms. The Morgan fingerprint density at radius 1 is 1.09 bits per heavy atom. The monoisotopic (exact) mass is 523 g/mol. The fourth-order valence-electron chi connectivity index (χ4n) is 3.59. The quantitative estimate of drug-likeness (QED) is 0.510. The number of methoxy groups -OCH3 is 1. The summed E-state index contributed by atoms with van der Waals surface area (Å²) in [6.07, 6.45) is 1.37. The molecule has 1 N–H and O–H groups in total. The number of amides is 2. The number of hydrogen-bond acceptors (Lipinski definition) is 5. The maximum atomic E-state index is 13.7. The average Bonchev–Trinajstić information content (AvgIpc) is 2.76. The first-order valence-corrected chi connectivity index (χ1v) is 13.5. The molecule has 0 aliphatic heterocycles. The number of nitrogens with one attached hydrogen (secondary N) is 1. The van der Waals surface area contributed by atoms with Gasteiger partial charge in [0.15, 0.2) is 0 Å². The number of nitrogens with zero attached hydrogens (tertiary/aromatic N) is 2. The number of sulfonamides is 1. The van der Waals surface area contributed by atoms with E-state index in [1.807, 2.05) is 27.7 Å². The molecule has 0 aliphatic rings. The molecule has 0 aliphatic carbocycles. The number of halogens is 1. The number of benzene rings is 2. The topological polar surface area (TPSA) is 96.0 Å². The summed E-state index contributed by atoms with van der Waals surface area (Å²) in [6, 6.07) is 12.7. The molecule has 0 heterocycles. The smallest absolute Gasteiger partial charge is 0.244 e. The van der Waals surface area contributed by atoms with Gasteiger partial charge in [-0.05, 0) is 57.0 Å². The molecule has 8 nitrogen and oxygen atoms in total. The number of para-hydroxylation sites is 2. The summed E-state index contributed by atoms with van der Waals surface area (Å²) in [6.45, 7) is 6.99. The summed E-state index contributed by atoms with van der Waals surface area (Å²) < 4.78 is 31.8. The van der Waals surface area contributed by atoms with E-state index in [0.29, 0.717) is 17.2 Å². The molecule has 1 atom stereocenters. The third kappa shape index (κ3) is 8.14. The van der Waals surface area contributed by atoms with Crippen molar-refractivity contribution in [3.63, 3.8) is 0 Å². The molecule has 0 spiro atoms. The Kier molecular flexibility index (Phi) is 9.57. The zero-order valence-corrected chi connectivity index (χ0v) is 22.6. The van der Waals surface area contributed by atoms with Crippen LogP contribution in [0.1, 0.15) is 39.7 Å². The maximum Gasteiger partial charge on any atom is 0.244 e. The van der Waals surface area contributed by atoms with Gasteiger partial charge in [0.05, 0.1) is 19.1 Å². The Bertz CT molecular complexity index is 1130. The second-order valence-electron chi connectivity index (χ2n) is 9.25. The zero-order valence-electron chi connectivity index (χ0n) is 21.0. The van der Waals surface area contributed by atoms with Gasteiger partial charge in [-0.15, -0.1) is 0 Å². The number of hydrogen-bond donors (Lipinski definition) is 1. The van der Waals surface area contributed by atoms with Crippen molar-refractivity contribution < 1.29 is 22.7 Å². The lowest BCUT2D eigenvalue weighted by Crippen LogP contribution is -2.55. The van der Waals surface area contributed by atoms with E-state index in [1.54, 1.807) is 48.5 Å². The van der Waals surface area contributed by atoms with Crippen molar-refractivity contribution in [2.24, 2.45) is 0 Å². The molecular formula is C25H34ClN3O5S. The Hall–Kier alpha value is -2.78. The second kappa shape index (κ2) is 11.8. The van der Waals surface area contributed by atoms with Gasteiger partial charge in [0, 0.05) is 17.1 Å². The Morgan fingerprint density at radius 2 is 1.69 bits per heavy atom. The van der Waals surface area contributed by atoms with Gasteiger partial charge >= 0.3 is 0 Å². The first-order valence-electron chi connectivity index (χ1n) is 11.2. The highest BCUT2D eigenvalue weighted by Crippen LogP contribution is 2.30. The Morgan fingerprint density at radius 3 is 2.20 bits per heavy atom. The fraction of sp³-hybridized carbons (Fsp3) is 0.440. The number of ether oxygens (including phenoxy) is 1. The predicted octanol–water partition coefficient (Wildman–Crippen LogP) is 3.84. The normalized spacial score (nSPS) is 12.5.